The van der Waals surface area contributed by atoms with E-state index in [1.54, 1.807) is 6.20 Å². The van der Waals surface area contributed by atoms with Gasteiger partial charge in [-0.15, -0.1) is 0 Å². The molecule has 1 radical (unpaired) electrons. The third kappa shape index (κ3) is 4.32. The fourth-order valence-electron chi connectivity index (χ4n) is 3.14. The molecular formula is C20H25N4O2. The molecule has 3 rings (SSSR count). The number of ether oxygens (including phenoxy) is 1. The van der Waals surface area contributed by atoms with Crippen molar-refractivity contribution in [3.8, 4) is 11.5 Å². The number of anilines is 1. The second kappa shape index (κ2) is 8.19. The van der Waals surface area contributed by atoms with Gasteiger partial charge in [-0.2, -0.15) is 0 Å². The number of rotatable bonds is 6. The molecule has 1 aromatic heterocycles. The highest BCUT2D eigenvalue weighted by Gasteiger charge is 2.16. The zero-order valence-electron chi connectivity index (χ0n) is 15.3. The van der Waals surface area contributed by atoms with Gasteiger partial charge < -0.3 is 20.3 Å². The van der Waals surface area contributed by atoms with Gasteiger partial charge in [-0.05, 0) is 31.7 Å². The van der Waals surface area contributed by atoms with Crippen molar-refractivity contribution >= 4 is 11.6 Å². The number of piperazine rings is 1. The van der Waals surface area contributed by atoms with Crippen LogP contribution in [0.15, 0.2) is 36.5 Å². The van der Waals surface area contributed by atoms with Crippen LogP contribution in [0.25, 0.3) is 0 Å². The Morgan fingerprint density at radius 1 is 1.27 bits per heavy atom. The van der Waals surface area contributed by atoms with Crippen molar-refractivity contribution < 1.29 is 9.53 Å². The lowest BCUT2D eigenvalue weighted by atomic mass is 10.1. The van der Waals surface area contributed by atoms with Gasteiger partial charge >= 0.3 is 0 Å². The average Bonchev–Trinajstić information content (AvgIpc) is 2.62. The zero-order chi connectivity index (χ0) is 18.5. The Balaban J connectivity index is 1.81. The second-order valence-electron chi connectivity index (χ2n) is 6.46. The molecule has 2 N–H and O–H groups in total. The maximum Gasteiger partial charge on any atom is 0.227 e. The van der Waals surface area contributed by atoms with E-state index in [1.165, 1.54) is 6.42 Å². The first-order chi connectivity index (χ1) is 12.6. The summed E-state index contributed by atoms with van der Waals surface area (Å²) < 4.78 is 6.13. The standard InChI is InChI=1S/C20H25N4O2/c1-3-17-18(14-20(21)25)22-8-7-19(17)26-16-6-4-5-15(13-16)24-11-9-23(2)10-12-24/h4-8,13-14H,3,9-12H2,1-2H3,(H2,21,25). The maximum atomic E-state index is 11.2. The fraction of sp³-hybridized carbons (Fsp3) is 0.350. The molecule has 6 heteroatoms. The molecule has 0 aliphatic carbocycles. The first kappa shape index (κ1) is 18.2. The molecule has 137 valence electrons. The summed E-state index contributed by atoms with van der Waals surface area (Å²) in [6, 6.07) is 9.93. The predicted octanol–water partition coefficient (Wildman–Crippen LogP) is 2.23. The molecule has 1 aliphatic heterocycles. The number of amides is 1. The lowest BCUT2D eigenvalue weighted by molar-refractivity contribution is -0.114. The van der Waals surface area contributed by atoms with E-state index in [0.717, 1.165) is 43.2 Å². The van der Waals surface area contributed by atoms with Crippen molar-refractivity contribution in [2.75, 3.05) is 38.1 Å². The van der Waals surface area contributed by atoms with Crippen LogP contribution in [0, 0.1) is 6.42 Å². The summed E-state index contributed by atoms with van der Waals surface area (Å²) in [5, 5.41) is 0. The topological polar surface area (TPSA) is 71.7 Å². The molecule has 0 bridgehead atoms. The second-order valence-corrected chi connectivity index (χ2v) is 6.46. The smallest absolute Gasteiger partial charge is 0.227 e. The molecule has 1 aromatic carbocycles. The summed E-state index contributed by atoms with van der Waals surface area (Å²) in [5.41, 5.74) is 7.87. The molecule has 2 aromatic rings. The van der Waals surface area contributed by atoms with E-state index in [0.29, 0.717) is 17.9 Å². The van der Waals surface area contributed by atoms with Crippen LogP contribution in [0.5, 0.6) is 11.5 Å². The van der Waals surface area contributed by atoms with E-state index in [9.17, 15) is 4.79 Å². The van der Waals surface area contributed by atoms with Crippen molar-refractivity contribution in [3.63, 3.8) is 0 Å². The highest BCUT2D eigenvalue weighted by Crippen LogP contribution is 2.30. The quantitative estimate of drug-likeness (QED) is 0.862. The van der Waals surface area contributed by atoms with E-state index in [1.807, 2.05) is 25.1 Å². The van der Waals surface area contributed by atoms with Gasteiger partial charge in [-0.1, -0.05) is 13.0 Å². The number of nitrogens with zero attached hydrogens (tertiary/aromatic N) is 3. The minimum absolute atomic E-state index is 0.513. The van der Waals surface area contributed by atoms with Crippen molar-refractivity contribution in [2.24, 2.45) is 5.73 Å². The summed E-state index contributed by atoms with van der Waals surface area (Å²) in [6.07, 6.45) is 3.67. The fourth-order valence-corrected chi connectivity index (χ4v) is 3.14. The number of hydrogen-bond donors (Lipinski definition) is 1. The van der Waals surface area contributed by atoms with Crippen LogP contribution < -0.4 is 15.4 Å². The van der Waals surface area contributed by atoms with Gasteiger partial charge in [0, 0.05) is 49.7 Å². The highest BCUT2D eigenvalue weighted by atomic mass is 16.5. The summed E-state index contributed by atoms with van der Waals surface area (Å²) >= 11 is 0. The Bertz CT molecular complexity index is 770. The first-order valence-corrected chi connectivity index (χ1v) is 8.90. The Kier molecular flexibility index (Phi) is 5.73. The number of nitrogens with two attached hydrogens (primary N) is 1. The summed E-state index contributed by atoms with van der Waals surface area (Å²) in [4.78, 5) is 20.2. The van der Waals surface area contributed by atoms with Crippen LogP contribution in [0.3, 0.4) is 0 Å². The molecule has 0 spiro atoms. The Labute approximate surface area is 154 Å². The van der Waals surface area contributed by atoms with Crippen molar-refractivity contribution in [1.82, 2.24) is 9.88 Å². The minimum Gasteiger partial charge on any atom is -0.457 e. The number of aromatic nitrogens is 1. The Morgan fingerprint density at radius 2 is 2.04 bits per heavy atom. The SMILES string of the molecule is CCc1c(Oc2cccc(N3CCN(C)CC3)c2)ccnc1[CH]C(N)=O. The predicted molar refractivity (Wildman–Crippen MR) is 102 cm³/mol. The van der Waals surface area contributed by atoms with Crippen molar-refractivity contribution in [3.05, 3.63) is 54.2 Å². The number of hydrogen-bond acceptors (Lipinski definition) is 5. The number of carbonyl (C=O) groups excluding carboxylic acids is 1. The monoisotopic (exact) mass is 353 g/mol. The molecule has 1 amide bonds. The Morgan fingerprint density at radius 3 is 2.73 bits per heavy atom. The largest absolute Gasteiger partial charge is 0.457 e. The van der Waals surface area contributed by atoms with Crippen LogP contribution in [0.2, 0.25) is 0 Å². The van der Waals surface area contributed by atoms with Gasteiger partial charge in [0.05, 0.1) is 12.1 Å². The maximum absolute atomic E-state index is 11.2. The molecular weight excluding hydrogens is 328 g/mol. The number of carbonyl (C=O) groups is 1. The molecule has 0 atom stereocenters. The molecule has 0 saturated carbocycles. The average molecular weight is 353 g/mol. The highest BCUT2D eigenvalue weighted by molar-refractivity contribution is 5.86. The first-order valence-electron chi connectivity index (χ1n) is 8.90. The van der Waals surface area contributed by atoms with Crippen LogP contribution >= 0.6 is 0 Å². The summed E-state index contributed by atoms with van der Waals surface area (Å²) in [6.45, 7) is 6.13. The van der Waals surface area contributed by atoms with Gasteiger partial charge in [0.25, 0.3) is 0 Å². The third-order valence-electron chi connectivity index (χ3n) is 4.59. The van der Waals surface area contributed by atoms with E-state index in [2.05, 4.69) is 34.0 Å². The van der Waals surface area contributed by atoms with Crippen LogP contribution in [-0.2, 0) is 11.2 Å². The summed E-state index contributed by atoms with van der Waals surface area (Å²) in [7, 11) is 2.15. The lowest BCUT2D eigenvalue weighted by Gasteiger charge is -2.34. The number of primary amides is 1. The van der Waals surface area contributed by atoms with Crippen LogP contribution in [0.1, 0.15) is 18.2 Å². The molecule has 0 unspecified atom stereocenters. The van der Waals surface area contributed by atoms with Crippen LogP contribution in [-0.4, -0.2) is 49.0 Å². The van der Waals surface area contributed by atoms with Crippen LogP contribution in [0.4, 0.5) is 5.69 Å². The van der Waals surface area contributed by atoms with E-state index < -0.39 is 5.91 Å². The van der Waals surface area contributed by atoms with E-state index in [4.69, 9.17) is 10.5 Å². The molecule has 1 fully saturated rings. The molecule has 1 saturated heterocycles. The Hall–Kier alpha value is -2.60. The van der Waals surface area contributed by atoms with Gasteiger partial charge in [-0.25, -0.2) is 0 Å². The van der Waals surface area contributed by atoms with E-state index in [-0.39, 0.29) is 0 Å². The molecule has 2 heterocycles. The van der Waals surface area contributed by atoms with Crippen molar-refractivity contribution in [2.45, 2.75) is 13.3 Å². The number of pyridine rings is 1. The van der Waals surface area contributed by atoms with Gasteiger partial charge in [0.2, 0.25) is 5.91 Å². The normalized spacial score (nSPS) is 15.1. The molecule has 1 aliphatic rings. The number of likely N-dealkylation sites (N-methyl/N-ethyl adjacent to an activating group) is 1. The minimum atomic E-state index is -0.513. The summed E-state index contributed by atoms with van der Waals surface area (Å²) in [5.74, 6) is 0.958. The molecule has 6 nitrogen and oxygen atoms in total. The lowest BCUT2D eigenvalue weighted by Crippen LogP contribution is -2.44. The van der Waals surface area contributed by atoms with Crippen molar-refractivity contribution in [1.29, 1.82) is 0 Å². The van der Waals surface area contributed by atoms with Gasteiger partial charge in [0.15, 0.2) is 0 Å². The molecule has 26 heavy (non-hydrogen) atoms. The van der Waals surface area contributed by atoms with E-state index >= 15 is 0 Å². The van der Waals surface area contributed by atoms with Gasteiger partial charge in [0.1, 0.15) is 11.5 Å². The van der Waals surface area contributed by atoms with Gasteiger partial charge in [-0.3, -0.25) is 9.78 Å². The third-order valence-corrected chi connectivity index (χ3v) is 4.59. The zero-order valence-corrected chi connectivity index (χ0v) is 15.3. The number of benzene rings is 1.